The molecule has 0 aromatic carbocycles. The van der Waals surface area contributed by atoms with Crippen molar-refractivity contribution in [1.82, 2.24) is 0 Å². The highest BCUT2D eigenvalue weighted by Gasteiger charge is 2.10. The second-order valence-corrected chi connectivity index (χ2v) is 3.75. The number of hydrogen-bond donors (Lipinski definition) is 0. The minimum atomic E-state index is 0.731. The van der Waals surface area contributed by atoms with Crippen molar-refractivity contribution in [2.75, 3.05) is 0 Å². The first-order valence-corrected chi connectivity index (χ1v) is 5.09. The van der Waals surface area contributed by atoms with Crippen LogP contribution in [0.4, 0.5) is 0 Å². The molecule has 0 bridgehead atoms. The highest BCUT2D eigenvalue weighted by molar-refractivity contribution is 5.21. The Morgan fingerprint density at radius 3 is 2.23 bits per heavy atom. The third-order valence-electron chi connectivity index (χ3n) is 2.77. The molecular weight excluding hydrogens is 156 g/mol. The predicted molar refractivity (Wildman–Crippen MR) is 61.7 cm³/mol. The molecule has 0 aromatic heterocycles. The van der Waals surface area contributed by atoms with E-state index in [1.165, 1.54) is 12.0 Å². The first kappa shape index (κ1) is 12.2. The molecule has 0 aliphatic rings. The lowest BCUT2D eigenvalue weighted by Gasteiger charge is -2.18. The predicted octanol–water partition coefficient (Wildman–Crippen LogP) is 4.36. The molecule has 0 heterocycles. The summed E-state index contributed by atoms with van der Waals surface area (Å²) < 4.78 is 0. The summed E-state index contributed by atoms with van der Waals surface area (Å²) >= 11 is 0. The van der Waals surface area contributed by atoms with Gasteiger partial charge in [0.1, 0.15) is 0 Å². The van der Waals surface area contributed by atoms with Crippen molar-refractivity contribution in [3.63, 3.8) is 0 Å². The first-order chi connectivity index (χ1) is 6.15. The first-order valence-electron chi connectivity index (χ1n) is 5.09. The molecule has 0 aromatic rings. The van der Waals surface area contributed by atoms with Gasteiger partial charge in [-0.15, -0.1) is 0 Å². The van der Waals surface area contributed by atoms with E-state index >= 15 is 0 Å². The van der Waals surface area contributed by atoms with E-state index < -0.39 is 0 Å². The van der Waals surface area contributed by atoms with Crippen LogP contribution in [0.2, 0.25) is 0 Å². The average molecular weight is 178 g/mol. The van der Waals surface area contributed by atoms with E-state index in [2.05, 4.69) is 33.9 Å². The van der Waals surface area contributed by atoms with Gasteiger partial charge in [0.25, 0.3) is 0 Å². The Bertz CT molecular complexity index is 186. The molecule has 2 atom stereocenters. The Kier molecular flexibility index (Phi) is 6.30. The molecule has 0 aliphatic heterocycles. The quantitative estimate of drug-likeness (QED) is 0.530. The van der Waals surface area contributed by atoms with Gasteiger partial charge >= 0.3 is 0 Å². The third kappa shape index (κ3) is 4.72. The van der Waals surface area contributed by atoms with Crippen molar-refractivity contribution in [3.8, 4) is 0 Å². The molecule has 2 unspecified atom stereocenters. The van der Waals surface area contributed by atoms with Gasteiger partial charge in [0, 0.05) is 0 Å². The summed E-state index contributed by atoms with van der Waals surface area (Å²) in [6.45, 7) is 14.3. The summed E-state index contributed by atoms with van der Waals surface area (Å²) in [4.78, 5) is 0. The highest BCUT2D eigenvalue weighted by atomic mass is 14.2. The number of hydrogen-bond acceptors (Lipinski definition) is 0. The molecule has 0 aliphatic carbocycles. The fourth-order valence-corrected chi connectivity index (χ4v) is 1.35. The SMILES string of the molecule is C=CC=C(C=C)CC(C)C(C)CC. The molecule has 13 heavy (non-hydrogen) atoms. The van der Waals surface area contributed by atoms with Gasteiger partial charge in [0.2, 0.25) is 0 Å². The van der Waals surface area contributed by atoms with Gasteiger partial charge in [0.15, 0.2) is 0 Å². The molecule has 0 saturated heterocycles. The molecule has 0 saturated carbocycles. The summed E-state index contributed by atoms with van der Waals surface area (Å²) in [7, 11) is 0. The van der Waals surface area contributed by atoms with E-state index in [1.54, 1.807) is 0 Å². The maximum Gasteiger partial charge on any atom is -0.0251 e. The van der Waals surface area contributed by atoms with Crippen molar-refractivity contribution in [2.24, 2.45) is 11.8 Å². The van der Waals surface area contributed by atoms with Crippen LogP contribution >= 0.6 is 0 Å². The van der Waals surface area contributed by atoms with E-state index in [4.69, 9.17) is 0 Å². The van der Waals surface area contributed by atoms with Crippen LogP contribution in [0.15, 0.2) is 37.0 Å². The number of rotatable bonds is 6. The van der Waals surface area contributed by atoms with Crippen molar-refractivity contribution in [1.29, 1.82) is 0 Å². The largest absolute Gasteiger partial charge is 0.0991 e. The standard InChI is InChI=1S/C13H22/c1-6-9-13(8-3)10-12(5)11(4)7-2/h6,8-9,11-12H,1,3,7,10H2,2,4-5H3. The van der Waals surface area contributed by atoms with Crippen LogP contribution in [0.5, 0.6) is 0 Å². The summed E-state index contributed by atoms with van der Waals surface area (Å²) in [6.07, 6.45) is 8.18. The van der Waals surface area contributed by atoms with Crippen LogP contribution in [0, 0.1) is 11.8 Å². The molecule has 0 radical (unpaired) electrons. The topological polar surface area (TPSA) is 0 Å². The van der Waals surface area contributed by atoms with Crippen molar-refractivity contribution in [2.45, 2.75) is 33.6 Å². The molecule has 0 heteroatoms. The van der Waals surface area contributed by atoms with Gasteiger partial charge in [-0.25, -0.2) is 0 Å². The Balaban J connectivity index is 4.15. The van der Waals surface area contributed by atoms with Crippen LogP contribution in [0.25, 0.3) is 0 Å². The van der Waals surface area contributed by atoms with Crippen LogP contribution in [0.1, 0.15) is 33.6 Å². The van der Waals surface area contributed by atoms with Gasteiger partial charge in [0.05, 0.1) is 0 Å². The lowest BCUT2D eigenvalue weighted by Crippen LogP contribution is -2.07. The number of allylic oxidation sites excluding steroid dienone is 4. The highest BCUT2D eigenvalue weighted by Crippen LogP contribution is 2.22. The molecule has 0 N–H and O–H groups in total. The molecule has 74 valence electrons. The molecular formula is C13H22. The zero-order chi connectivity index (χ0) is 10.3. The minimum Gasteiger partial charge on any atom is -0.0991 e. The molecule has 0 rings (SSSR count). The van der Waals surface area contributed by atoms with E-state index in [9.17, 15) is 0 Å². The van der Waals surface area contributed by atoms with Gasteiger partial charge in [-0.05, 0) is 23.8 Å². The minimum absolute atomic E-state index is 0.731. The van der Waals surface area contributed by atoms with Gasteiger partial charge in [-0.3, -0.25) is 0 Å². The van der Waals surface area contributed by atoms with E-state index in [0.717, 1.165) is 18.3 Å². The molecule has 0 amide bonds. The Labute approximate surface area is 83.0 Å². The lowest BCUT2D eigenvalue weighted by atomic mass is 9.88. The molecule has 0 fully saturated rings. The van der Waals surface area contributed by atoms with Crippen molar-refractivity contribution in [3.05, 3.63) is 37.0 Å². The van der Waals surface area contributed by atoms with E-state index in [-0.39, 0.29) is 0 Å². The van der Waals surface area contributed by atoms with Crippen LogP contribution in [-0.2, 0) is 0 Å². The molecule has 0 nitrogen and oxygen atoms in total. The Morgan fingerprint density at radius 1 is 1.23 bits per heavy atom. The van der Waals surface area contributed by atoms with Gasteiger partial charge < -0.3 is 0 Å². The van der Waals surface area contributed by atoms with E-state index in [1.807, 2.05) is 18.2 Å². The molecule has 0 spiro atoms. The fraction of sp³-hybridized carbons (Fsp3) is 0.538. The van der Waals surface area contributed by atoms with Crippen LogP contribution < -0.4 is 0 Å². The van der Waals surface area contributed by atoms with Gasteiger partial charge in [-0.2, -0.15) is 0 Å². The van der Waals surface area contributed by atoms with Crippen molar-refractivity contribution < 1.29 is 0 Å². The summed E-state index contributed by atoms with van der Waals surface area (Å²) in [5, 5.41) is 0. The average Bonchev–Trinajstić information content (AvgIpc) is 2.15. The zero-order valence-corrected chi connectivity index (χ0v) is 9.22. The van der Waals surface area contributed by atoms with Crippen LogP contribution in [0.3, 0.4) is 0 Å². The normalized spacial score (nSPS) is 16.4. The second kappa shape index (κ2) is 6.71. The zero-order valence-electron chi connectivity index (χ0n) is 9.22. The Hall–Kier alpha value is -0.780. The van der Waals surface area contributed by atoms with E-state index in [0.29, 0.717) is 0 Å². The third-order valence-corrected chi connectivity index (χ3v) is 2.77. The summed E-state index contributed by atoms with van der Waals surface area (Å²) in [5.74, 6) is 1.52. The lowest BCUT2D eigenvalue weighted by molar-refractivity contribution is 0.376. The smallest absolute Gasteiger partial charge is 0.0251 e. The maximum absolute atomic E-state index is 3.80. The summed E-state index contributed by atoms with van der Waals surface area (Å²) in [5.41, 5.74) is 1.29. The Morgan fingerprint density at radius 2 is 1.85 bits per heavy atom. The van der Waals surface area contributed by atoms with Crippen molar-refractivity contribution >= 4 is 0 Å². The maximum atomic E-state index is 3.80. The van der Waals surface area contributed by atoms with Gasteiger partial charge in [-0.1, -0.05) is 58.6 Å². The summed E-state index contributed by atoms with van der Waals surface area (Å²) in [6, 6.07) is 0. The fourth-order valence-electron chi connectivity index (χ4n) is 1.35. The second-order valence-electron chi connectivity index (χ2n) is 3.75. The monoisotopic (exact) mass is 178 g/mol. The van der Waals surface area contributed by atoms with Crippen LogP contribution in [-0.4, -0.2) is 0 Å².